The summed E-state index contributed by atoms with van der Waals surface area (Å²) in [6.07, 6.45) is 0. The summed E-state index contributed by atoms with van der Waals surface area (Å²) in [6.45, 7) is 4.33. The standard InChI is InChI=1S/C20H20FN3O2S/c21-16-5-3-4-15(14-16)19(25)24(9-8-23-10-12-26-13-11-23)20-22-17-6-1-2-7-18(17)27-20/h1-7,14H,8-13H2. The molecule has 0 N–H and O–H groups in total. The van der Waals surface area contributed by atoms with Gasteiger partial charge in [0.15, 0.2) is 5.13 Å². The number of hydrogen-bond acceptors (Lipinski definition) is 5. The normalized spacial score (nSPS) is 15.1. The van der Waals surface area contributed by atoms with E-state index in [4.69, 9.17) is 4.74 Å². The van der Waals surface area contributed by atoms with Crippen LogP contribution in [-0.4, -0.2) is 55.2 Å². The van der Waals surface area contributed by atoms with Gasteiger partial charge in [-0.3, -0.25) is 14.6 Å². The maximum absolute atomic E-state index is 13.6. The van der Waals surface area contributed by atoms with Crippen molar-refractivity contribution in [3.63, 3.8) is 0 Å². The number of aromatic nitrogens is 1. The smallest absolute Gasteiger partial charge is 0.260 e. The number of amides is 1. The number of ether oxygens (including phenoxy) is 1. The molecular formula is C20H20FN3O2S. The molecular weight excluding hydrogens is 365 g/mol. The number of fused-ring (bicyclic) bond motifs is 1. The van der Waals surface area contributed by atoms with E-state index in [0.29, 0.717) is 30.5 Å². The lowest BCUT2D eigenvalue weighted by molar-refractivity contribution is 0.0391. The van der Waals surface area contributed by atoms with Gasteiger partial charge in [-0.2, -0.15) is 0 Å². The minimum absolute atomic E-state index is 0.234. The van der Waals surface area contributed by atoms with Crippen LogP contribution in [0.5, 0.6) is 0 Å². The van der Waals surface area contributed by atoms with Crippen molar-refractivity contribution < 1.29 is 13.9 Å². The molecule has 27 heavy (non-hydrogen) atoms. The molecule has 2 heterocycles. The second kappa shape index (κ2) is 8.12. The van der Waals surface area contributed by atoms with Crippen molar-refractivity contribution in [2.24, 2.45) is 0 Å². The summed E-state index contributed by atoms with van der Waals surface area (Å²) in [5.41, 5.74) is 1.19. The van der Waals surface area contributed by atoms with Gasteiger partial charge in [0.05, 0.1) is 23.4 Å². The van der Waals surface area contributed by atoms with Crippen LogP contribution in [0.4, 0.5) is 9.52 Å². The van der Waals surface area contributed by atoms with E-state index in [-0.39, 0.29) is 5.91 Å². The summed E-state index contributed by atoms with van der Waals surface area (Å²) in [6, 6.07) is 13.6. The Morgan fingerprint density at radius 1 is 1.19 bits per heavy atom. The second-order valence-corrected chi connectivity index (χ2v) is 7.39. The Morgan fingerprint density at radius 2 is 2.00 bits per heavy atom. The largest absolute Gasteiger partial charge is 0.379 e. The predicted octanol–water partition coefficient (Wildman–Crippen LogP) is 3.41. The van der Waals surface area contributed by atoms with Crippen LogP contribution < -0.4 is 4.90 Å². The third kappa shape index (κ3) is 4.16. The molecule has 0 radical (unpaired) electrons. The molecule has 1 amide bonds. The third-order valence-corrected chi connectivity index (χ3v) is 5.63. The van der Waals surface area contributed by atoms with Crippen molar-refractivity contribution in [2.45, 2.75) is 0 Å². The molecule has 1 aromatic heterocycles. The van der Waals surface area contributed by atoms with Crippen LogP contribution >= 0.6 is 11.3 Å². The number of anilines is 1. The molecule has 2 aromatic carbocycles. The minimum atomic E-state index is -0.418. The first-order valence-corrected chi connectivity index (χ1v) is 9.75. The number of carbonyl (C=O) groups is 1. The quantitative estimate of drug-likeness (QED) is 0.675. The van der Waals surface area contributed by atoms with Crippen molar-refractivity contribution in [3.05, 3.63) is 59.9 Å². The molecule has 0 unspecified atom stereocenters. The molecule has 1 fully saturated rings. The number of rotatable bonds is 5. The van der Waals surface area contributed by atoms with Crippen LogP contribution in [0.15, 0.2) is 48.5 Å². The first-order chi connectivity index (χ1) is 13.2. The Hall–Kier alpha value is -2.35. The monoisotopic (exact) mass is 385 g/mol. The molecule has 0 spiro atoms. The Morgan fingerprint density at radius 3 is 2.78 bits per heavy atom. The summed E-state index contributed by atoms with van der Waals surface area (Å²) < 4.78 is 20.0. The highest BCUT2D eigenvalue weighted by Gasteiger charge is 2.23. The predicted molar refractivity (Wildman–Crippen MR) is 105 cm³/mol. The maximum atomic E-state index is 13.6. The molecule has 0 saturated carbocycles. The Balaban J connectivity index is 1.62. The van der Waals surface area contributed by atoms with Gasteiger partial charge in [-0.1, -0.05) is 29.5 Å². The van der Waals surface area contributed by atoms with Gasteiger partial charge in [0.2, 0.25) is 0 Å². The molecule has 0 atom stereocenters. The van der Waals surface area contributed by atoms with Crippen molar-refractivity contribution in [1.29, 1.82) is 0 Å². The van der Waals surface area contributed by atoms with Gasteiger partial charge in [-0.15, -0.1) is 0 Å². The summed E-state index contributed by atoms with van der Waals surface area (Å²) in [5, 5.41) is 0.638. The average Bonchev–Trinajstić information content (AvgIpc) is 3.12. The van der Waals surface area contributed by atoms with Gasteiger partial charge < -0.3 is 4.74 Å². The highest BCUT2D eigenvalue weighted by Crippen LogP contribution is 2.29. The Kier molecular flexibility index (Phi) is 5.42. The Labute approximate surface area is 161 Å². The first-order valence-electron chi connectivity index (χ1n) is 8.94. The zero-order valence-electron chi connectivity index (χ0n) is 14.8. The second-order valence-electron chi connectivity index (χ2n) is 6.39. The lowest BCUT2D eigenvalue weighted by Gasteiger charge is -2.29. The zero-order valence-corrected chi connectivity index (χ0v) is 15.6. The van der Waals surface area contributed by atoms with Crippen molar-refractivity contribution in [2.75, 3.05) is 44.3 Å². The highest BCUT2D eigenvalue weighted by molar-refractivity contribution is 7.22. The molecule has 4 rings (SSSR count). The number of benzene rings is 2. The van der Waals surface area contributed by atoms with Crippen LogP contribution in [0.1, 0.15) is 10.4 Å². The van der Waals surface area contributed by atoms with Crippen LogP contribution in [0.2, 0.25) is 0 Å². The van der Waals surface area contributed by atoms with Gasteiger partial charge >= 0.3 is 0 Å². The van der Waals surface area contributed by atoms with Crippen molar-refractivity contribution in [1.82, 2.24) is 9.88 Å². The van der Waals surface area contributed by atoms with Crippen LogP contribution in [0.25, 0.3) is 10.2 Å². The van der Waals surface area contributed by atoms with Crippen molar-refractivity contribution >= 4 is 32.6 Å². The number of carbonyl (C=O) groups excluding carboxylic acids is 1. The topological polar surface area (TPSA) is 45.7 Å². The molecule has 1 saturated heterocycles. The number of nitrogens with zero attached hydrogens (tertiary/aromatic N) is 3. The molecule has 0 aliphatic carbocycles. The SMILES string of the molecule is O=C(c1cccc(F)c1)N(CCN1CCOCC1)c1nc2ccccc2s1. The number of halogens is 1. The van der Waals surface area contributed by atoms with Crippen LogP contribution in [0, 0.1) is 5.82 Å². The number of morpholine rings is 1. The average molecular weight is 385 g/mol. The fraction of sp³-hybridized carbons (Fsp3) is 0.300. The fourth-order valence-electron chi connectivity index (χ4n) is 3.10. The summed E-state index contributed by atoms with van der Waals surface area (Å²) >= 11 is 1.48. The summed E-state index contributed by atoms with van der Waals surface area (Å²) in [4.78, 5) is 21.7. The Bertz CT molecular complexity index is 907. The molecule has 1 aliphatic rings. The van der Waals surface area contributed by atoms with Crippen LogP contribution in [0.3, 0.4) is 0 Å². The van der Waals surface area contributed by atoms with E-state index < -0.39 is 5.82 Å². The summed E-state index contributed by atoms with van der Waals surface area (Å²) in [5.74, 6) is -0.653. The minimum Gasteiger partial charge on any atom is -0.379 e. The van der Waals surface area contributed by atoms with Gasteiger partial charge in [0.1, 0.15) is 5.82 Å². The van der Waals surface area contributed by atoms with E-state index in [9.17, 15) is 9.18 Å². The van der Waals surface area contributed by atoms with Crippen molar-refractivity contribution in [3.8, 4) is 0 Å². The summed E-state index contributed by atoms with van der Waals surface area (Å²) in [7, 11) is 0. The van der Waals surface area contributed by atoms with Gasteiger partial charge in [0.25, 0.3) is 5.91 Å². The van der Waals surface area contributed by atoms with Gasteiger partial charge in [-0.05, 0) is 30.3 Å². The first kappa shape index (κ1) is 18.0. The number of para-hydroxylation sites is 1. The van der Waals surface area contributed by atoms with Gasteiger partial charge in [0, 0.05) is 31.7 Å². The maximum Gasteiger partial charge on any atom is 0.260 e. The lowest BCUT2D eigenvalue weighted by atomic mass is 10.2. The molecule has 7 heteroatoms. The van der Waals surface area contributed by atoms with Crippen LogP contribution in [-0.2, 0) is 4.74 Å². The number of thiazole rings is 1. The van der Waals surface area contributed by atoms with Gasteiger partial charge in [-0.25, -0.2) is 9.37 Å². The fourth-order valence-corrected chi connectivity index (χ4v) is 4.09. The number of hydrogen-bond donors (Lipinski definition) is 0. The van der Waals surface area contributed by atoms with E-state index in [0.717, 1.165) is 29.9 Å². The van der Waals surface area contributed by atoms with E-state index in [1.807, 2.05) is 24.3 Å². The van der Waals surface area contributed by atoms with E-state index in [1.54, 1.807) is 17.0 Å². The van der Waals surface area contributed by atoms with E-state index >= 15 is 0 Å². The molecule has 1 aliphatic heterocycles. The molecule has 3 aromatic rings. The third-order valence-electron chi connectivity index (χ3n) is 4.57. The van der Waals surface area contributed by atoms with E-state index in [2.05, 4.69) is 9.88 Å². The molecule has 5 nitrogen and oxygen atoms in total. The molecule has 0 bridgehead atoms. The zero-order chi connectivity index (χ0) is 18.6. The molecule has 140 valence electrons. The lowest BCUT2D eigenvalue weighted by Crippen LogP contribution is -2.43. The highest BCUT2D eigenvalue weighted by atomic mass is 32.1. The van der Waals surface area contributed by atoms with E-state index in [1.165, 1.54) is 23.5 Å².